The van der Waals surface area contributed by atoms with Crippen molar-refractivity contribution in [1.29, 1.82) is 0 Å². The molecule has 0 bridgehead atoms. The first-order valence-corrected chi connectivity index (χ1v) is 5.63. The molecule has 0 saturated carbocycles. The number of aryl methyl sites for hydroxylation is 1. The number of aromatic nitrogens is 1. The van der Waals surface area contributed by atoms with Gasteiger partial charge < -0.3 is 10.1 Å². The Morgan fingerprint density at radius 2 is 2.20 bits per heavy atom. The highest BCUT2D eigenvalue weighted by Crippen LogP contribution is 2.05. The van der Waals surface area contributed by atoms with Crippen LogP contribution in [-0.4, -0.2) is 24.7 Å². The fourth-order valence-electron chi connectivity index (χ4n) is 1.27. The normalized spacial score (nSPS) is 10.3. The third-order valence-electron chi connectivity index (χ3n) is 2.21. The van der Waals surface area contributed by atoms with Crippen LogP contribution in [0.1, 0.15) is 25.8 Å². The van der Waals surface area contributed by atoms with Gasteiger partial charge in [0, 0.05) is 26.0 Å². The van der Waals surface area contributed by atoms with Crippen molar-refractivity contribution in [3.8, 4) is 0 Å². The molecule has 1 heterocycles. The monoisotopic (exact) mass is 208 g/mol. The van der Waals surface area contributed by atoms with Crippen molar-refractivity contribution in [1.82, 2.24) is 4.98 Å². The Morgan fingerprint density at radius 1 is 1.33 bits per heavy atom. The molecule has 3 heteroatoms. The molecule has 1 N–H and O–H groups in total. The maximum atomic E-state index is 5.25. The van der Waals surface area contributed by atoms with Crippen LogP contribution < -0.4 is 5.32 Å². The first kappa shape index (κ1) is 12.0. The second-order valence-corrected chi connectivity index (χ2v) is 3.38. The Hall–Kier alpha value is -1.09. The van der Waals surface area contributed by atoms with Crippen LogP contribution in [0, 0.1) is 0 Å². The van der Waals surface area contributed by atoms with Crippen LogP contribution in [0.15, 0.2) is 18.3 Å². The lowest BCUT2D eigenvalue weighted by molar-refractivity contribution is 0.147. The molecule has 0 fully saturated rings. The summed E-state index contributed by atoms with van der Waals surface area (Å²) in [5.41, 5.74) is 1.27. The van der Waals surface area contributed by atoms with Crippen molar-refractivity contribution in [3.05, 3.63) is 23.9 Å². The molecule has 0 aliphatic carbocycles. The number of pyridine rings is 1. The number of nitrogens with one attached hydrogen (secondary N) is 1. The summed E-state index contributed by atoms with van der Waals surface area (Å²) < 4.78 is 5.25. The highest BCUT2D eigenvalue weighted by Gasteiger charge is 1.93. The number of anilines is 1. The summed E-state index contributed by atoms with van der Waals surface area (Å²) in [6.07, 6.45) is 3.98. The molecule has 0 aliphatic rings. The summed E-state index contributed by atoms with van der Waals surface area (Å²) in [5, 5.41) is 3.26. The van der Waals surface area contributed by atoms with Gasteiger partial charge in [-0.15, -0.1) is 0 Å². The minimum atomic E-state index is 0.795. The second kappa shape index (κ2) is 7.23. The van der Waals surface area contributed by atoms with Crippen molar-refractivity contribution in [2.75, 3.05) is 25.1 Å². The molecule has 1 rings (SSSR count). The number of hydrogen-bond donors (Lipinski definition) is 1. The fourth-order valence-corrected chi connectivity index (χ4v) is 1.27. The molecule has 0 atom stereocenters. The highest BCUT2D eigenvalue weighted by atomic mass is 16.5. The molecule has 0 aliphatic heterocycles. The number of ether oxygens (including phenoxy) is 1. The zero-order valence-electron chi connectivity index (χ0n) is 9.62. The van der Waals surface area contributed by atoms with Gasteiger partial charge in [0.25, 0.3) is 0 Å². The summed E-state index contributed by atoms with van der Waals surface area (Å²) in [7, 11) is 0. The van der Waals surface area contributed by atoms with Gasteiger partial charge in [-0.3, -0.25) is 0 Å². The van der Waals surface area contributed by atoms with Gasteiger partial charge in [0.1, 0.15) is 5.82 Å². The van der Waals surface area contributed by atoms with E-state index in [4.69, 9.17) is 4.74 Å². The van der Waals surface area contributed by atoms with Crippen LogP contribution >= 0.6 is 0 Å². The molecule has 1 aromatic rings. The van der Waals surface area contributed by atoms with E-state index in [9.17, 15) is 0 Å². The average Bonchev–Trinajstić information content (AvgIpc) is 2.30. The van der Waals surface area contributed by atoms with Crippen LogP contribution in [0.5, 0.6) is 0 Å². The van der Waals surface area contributed by atoms with Gasteiger partial charge in [-0.1, -0.05) is 13.0 Å². The first-order chi connectivity index (χ1) is 7.36. The van der Waals surface area contributed by atoms with Gasteiger partial charge in [0.05, 0.1) is 0 Å². The molecule has 0 aromatic carbocycles. The molecule has 3 nitrogen and oxygen atoms in total. The molecule has 0 amide bonds. The van der Waals surface area contributed by atoms with Crippen LogP contribution in [0.4, 0.5) is 5.82 Å². The minimum absolute atomic E-state index is 0.795. The number of nitrogens with zero attached hydrogens (tertiary/aromatic N) is 1. The molecule has 15 heavy (non-hydrogen) atoms. The largest absolute Gasteiger partial charge is 0.382 e. The first-order valence-electron chi connectivity index (χ1n) is 5.63. The fraction of sp³-hybridized carbons (Fsp3) is 0.583. The molecule has 0 radical (unpaired) electrons. The minimum Gasteiger partial charge on any atom is -0.382 e. The molecular formula is C12H20N2O. The maximum absolute atomic E-state index is 5.25. The van der Waals surface area contributed by atoms with Crippen LogP contribution in [0.3, 0.4) is 0 Å². The summed E-state index contributed by atoms with van der Waals surface area (Å²) >= 11 is 0. The van der Waals surface area contributed by atoms with Crippen LogP contribution in [0.2, 0.25) is 0 Å². The van der Waals surface area contributed by atoms with Crippen LogP contribution in [0.25, 0.3) is 0 Å². The standard InChI is InChI=1S/C12H20N2O/c1-3-11-6-7-12(14-10-11)13-8-5-9-15-4-2/h6-7,10H,3-5,8-9H2,1-2H3,(H,13,14). The summed E-state index contributed by atoms with van der Waals surface area (Å²) in [4.78, 5) is 4.32. The Kier molecular flexibility index (Phi) is 5.78. The lowest BCUT2D eigenvalue weighted by atomic mass is 10.2. The predicted octanol–water partition coefficient (Wildman–Crippen LogP) is 2.48. The zero-order valence-corrected chi connectivity index (χ0v) is 9.62. The van der Waals surface area contributed by atoms with Gasteiger partial charge in [-0.2, -0.15) is 0 Å². The van der Waals surface area contributed by atoms with E-state index in [2.05, 4.69) is 23.3 Å². The molecule has 1 aromatic heterocycles. The Balaban J connectivity index is 2.20. The molecule has 0 spiro atoms. The van der Waals surface area contributed by atoms with E-state index in [1.54, 1.807) is 0 Å². The Bertz CT molecular complexity index is 259. The number of rotatable bonds is 7. The lowest BCUT2D eigenvalue weighted by Crippen LogP contribution is -2.06. The van der Waals surface area contributed by atoms with Crippen molar-refractivity contribution in [2.24, 2.45) is 0 Å². The van der Waals surface area contributed by atoms with Gasteiger partial charge in [-0.05, 0) is 31.4 Å². The Labute approximate surface area is 91.9 Å². The smallest absolute Gasteiger partial charge is 0.125 e. The van der Waals surface area contributed by atoms with E-state index in [-0.39, 0.29) is 0 Å². The Morgan fingerprint density at radius 3 is 2.80 bits per heavy atom. The van der Waals surface area contributed by atoms with Crippen LogP contribution in [-0.2, 0) is 11.2 Å². The van der Waals surface area contributed by atoms with Gasteiger partial charge in [-0.25, -0.2) is 4.98 Å². The third-order valence-corrected chi connectivity index (χ3v) is 2.21. The summed E-state index contributed by atoms with van der Waals surface area (Å²) in [5.74, 6) is 0.948. The van der Waals surface area contributed by atoms with E-state index in [0.717, 1.165) is 38.4 Å². The van der Waals surface area contributed by atoms with Crippen molar-refractivity contribution in [2.45, 2.75) is 26.7 Å². The van der Waals surface area contributed by atoms with Crippen molar-refractivity contribution >= 4 is 5.82 Å². The van der Waals surface area contributed by atoms with E-state index >= 15 is 0 Å². The number of hydrogen-bond acceptors (Lipinski definition) is 3. The van der Waals surface area contributed by atoms with Crippen molar-refractivity contribution in [3.63, 3.8) is 0 Å². The lowest BCUT2D eigenvalue weighted by Gasteiger charge is -2.05. The van der Waals surface area contributed by atoms with Crippen molar-refractivity contribution < 1.29 is 4.74 Å². The highest BCUT2D eigenvalue weighted by molar-refractivity contribution is 5.35. The predicted molar refractivity (Wildman–Crippen MR) is 63.2 cm³/mol. The summed E-state index contributed by atoms with van der Waals surface area (Å²) in [6, 6.07) is 4.14. The molecule has 84 valence electrons. The molecule has 0 unspecified atom stereocenters. The SMILES string of the molecule is CCOCCCNc1ccc(CC)cn1. The van der Waals surface area contributed by atoms with Gasteiger partial charge >= 0.3 is 0 Å². The molecular weight excluding hydrogens is 188 g/mol. The zero-order chi connectivity index (χ0) is 10.9. The van der Waals surface area contributed by atoms with E-state index in [0.29, 0.717) is 0 Å². The molecule has 0 saturated heterocycles. The average molecular weight is 208 g/mol. The quantitative estimate of drug-likeness (QED) is 0.699. The van der Waals surface area contributed by atoms with E-state index < -0.39 is 0 Å². The van der Waals surface area contributed by atoms with E-state index in [1.165, 1.54) is 5.56 Å². The topological polar surface area (TPSA) is 34.1 Å². The summed E-state index contributed by atoms with van der Waals surface area (Å²) in [6.45, 7) is 6.67. The maximum Gasteiger partial charge on any atom is 0.125 e. The van der Waals surface area contributed by atoms with E-state index in [1.807, 2.05) is 19.2 Å². The van der Waals surface area contributed by atoms with Gasteiger partial charge in [0.15, 0.2) is 0 Å². The second-order valence-electron chi connectivity index (χ2n) is 3.38. The third kappa shape index (κ3) is 4.79. The van der Waals surface area contributed by atoms with Gasteiger partial charge in [0.2, 0.25) is 0 Å².